The Hall–Kier alpha value is 0.0700. The normalized spacial score (nSPS) is 25.8. The first-order valence-corrected chi connectivity index (χ1v) is 8.67. The zero-order valence-electron chi connectivity index (χ0n) is 11.7. The summed E-state index contributed by atoms with van der Waals surface area (Å²) in [7, 11) is 0. The van der Waals surface area contributed by atoms with E-state index in [0.717, 1.165) is 17.8 Å². The lowest BCUT2D eigenvalue weighted by molar-refractivity contribution is 0.243. The molecular weight excluding hydrogens is 308 g/mol. The van der Waals surface area contributed by atoms with Crippen molar-refractivity contribution in [2.24, 2.45) is 5.92 Å². The summed E-state index contributed by atoms with van der Waals surface area (Å²) in [6.07, 6.45) is 1.31. The van der Waals surface area contributed by atoms with Crippen molar-refractivity contribution in [3.05, 3.63) is 16.1 Å². The minimum Gasteiger partial charge on any atom is -0.293 e. The van der Waals surface area contributed by atoms with Gasteiger partial charge >= 0.3 is 0 Å². The Balaban J connectivity index is 2.04. The third kappa shape index (κ3) is 3.14. The first-order chi connectivity index (χ1) is 8.41. The molecule has 18 heavy (non-hydrogen) atoms. The van der Waals surface area contributed by atoms with Crippen LogP contribution in [-0.4, -0.2) is 27.8 Å². The van der Waals surface area contributed by atoms with Crippen molar-refractivity contribution in [2.45, 2.75) is 52.1 Å². The molecule has 1 fully saturated rings. The molecule has 0 aliphatic carbocycles. The van der Waals surface area contributed by atoms with Crippen LogP contribution in [0.4, 0.5) is 0 Å². The molecular formula is C14H23BrN2S. The highest BCUT2D eigenvalue weighted by Crippen LogP contribution is 2.29. The third-order valence-corrected chi connectivity index (χ3v) is 5.31. The summed E-state index contributed by atoms with van der Waals surface area (Å²) in [5, 5.41) is 4.56. The maximum absolute atomic E-state index is 4.80. The van der Waals surface area contributed by atoms with Crippen molar-refractivity contribution >= 4 is 27.3 Å². The molecule has 0 aromatic carbocycles. The second kappa shape index (κ2) is 5.59. The van der Waals surface area contributed by atoms with Gasteiger partial charge in [-0.25, -0.2) is 4.98 Å². The van der Waals surface area contributed by atoms with Crippen LogP contribution in [-0.2, 0) is 12.0 Å². The fourth-order valence-corrected chi connectivity index (χ4v) is 4.53. The van der Waals surface area contributed by atoms with Crippen molar-refractivity contribution in [3.8, 4) is 0 Å². The first-order valence-electron chi connectivity index (χ1n) is 6.66. The van der Waals surface area contributed by atoms with Gasteiger partial charge in [0.2, 0.25) is 0 Å². The second-order valence-corrected chi connectivity index (χ2v) is 7.92. The molecule has 0 spiro atoms. The highest BCUT2D eigenvalue weighted by atomic mass is 79.9. The number of rotatable bonds is 3. The summed E-state index contributed by atoms with van der Waals surface area (Å²) in [5.74, 6) is 0.798. The molecule has 1 aromatic rings. The van der Waals surface area contributed by atoms with Crippen LogP contribution in [0.15, 0.2) is 5.38 Å². The van der Waals surface area contributed by atoms with Crippen molar-refractivity contribution in [3.63, 3.8) is 0 Å². The molecule has 1 aliphatic rings. The van der Waals surface area contributed by atoms with E-state index in [1.165, 1.54) is 23.7 Å². The molecule has 2 atom stereocenters. The van der Waals surface area contributed by atoms with E-state index in [2.05, 4.69) is 53.9 Å². The van der Waals surface area contributed by atoms with Crippen LogP contribution in [0.25, 0.3) is 0 Å². The van der Waals surface area contributed by atoms with E-state index >= 15 is 0 Å². The summed E-state index contributed by atoms with van der Waals surface area (Å²) in [6.45, 7) is 11.3. The number of likely N-dealkylation sites (tertiary alicyclic amines) is 1. The number of alkyl halides is 1. The maximum atomic E-state index is 4.80. The summed E-state index contributed by atoms with van der Waals surface area (Å²) in [5.41, 5.74) is 1.40. The average Bonchev–Trinajstić information content (AvgIpc) is 2.86. The number of hydrogen-bond acceptors (Lipinski definition) is 3. The molecule has 102 valence electrons. The number of nitrogens with zero attached hydrogens (tertiary/aromatic N) is 2. The van der Waals surface area contributed by atoms with Gasteiger partial charge in [0.15, 0.2) is 0 Å². The molecule has 1 saturated heterocycles. The van der Waals surface area contributed by atoms with Gasteiger partial charge in [-0.15, -0.1) is 11.3 Å². The van der Waals surface area contributed by atoms with Crippen LogP contribution in [0.5, 0.6) is 0 Å². The van der Waals surface area contributed by atoms with Crippen molar-refractivity contribution < 1.29 is 0 Å². The van der Waals surface area contributed by atoms with Gasteiger partial charge in [-0.3, -0.25) is 4.90 Å². The fraction of sp³-hybridized carbons (Fsp3) is 0.786. The highest BCUT2D eigenvalue weighted by molar-refractivity contribution is 9.09. The molecule has 1 aliphatic heterocycles. The summed E-state index contributed by atoms with van der Waals surface area (Å²) in [6, 6.07) is 0.673. The molecule has 1 aromatic heterocycles. The van der Waals surface area contributed by atoms with Crippen LogP contribution >= 0.6 is 27.3 Å². The van der Waals surface area contributed by atoms with Gasteiger partial charge in [0, 0.05) is 22.2 Å². The van der Waals surface area contributed by atoms with Gasteiger partial charge in [0.25, 0.3) is 0 Å². The van der Waals surface area contributed by atoms with Crippen molar-refractivity contribution in [1.82, 2.24) is 9.88 Å². The monoisotopic (exact) mass is 330 g/mol. The van der Waals surface area contributed by atoms with Crippen LogP contribution in [0.2, 0.25) is 0 Å². The van der Waals surface area contributed by atoms with E-state index in [-0.39, 0.29) is 5.41 Å². The van der Waals surface area contributed by atoms with E-state index in [9.17, 15) is 0 Å². The third-order valence-electron chi connectivity index (χ3n) is 3.81. The Morgan fingerprint density at radius 2 is 2.22 bits per heavy atom. The minimum absolute atomic E-state index is 0.169. The Kier molecular flexibility index (Phi) is 4.50. The topological polar surface area (TPSA) is 16.1 Å². The Labute approximate surface area is 123 Å². The van der Waals surface area contributed by atoms with Crippen molar-refractivity contribution in [2.75, 3.05) is 11.9 Å². The van der Waals surface area contributed by atoms with Crippen LogP contribution < -0.4 is 0 Å². The van der Waals surface area contributed by atoms with Gasteiger partial charge in [0.05, 0.1) is 12.2 Å². The van der Waals surface area contributed by atoms with E-state index in [1.807, 2.05) is 11.3 Å². The molecule has 0 saturated carbocycles. The van der Waals surface area contributed by atoms with Crippen LogP contribution in [0, 0.1) is 5.92 Å². The van der Waals surface area contributed by atoms with Gasteiger partial charge in [0.1, 0.15) is 5.01 Å². The number of aromatic nitrogens is 1. The Morgan fingerprint density at radius 3 is 2.78 bits per heavy atom. The number of hydrogen-bond donors (Lipinski definition) is 0. The Bertz CT molecular complexity index is 397. The van der Waals surface area contributed by atoms with Crippen LogP contribution in [0.3, 0.4) is 0 Å². The SMILES string of the molecule is CC1CCN(Cc2nc(C(C)(C)C)cs2)C1CBr. The van der Waals surface area contributed by atoms with Gasteiger partial charge < -0.3 is 0 Å². The van der Waals surface area contributed by atoms with Crippen LogP contribution in [0.1, 0.15) is 44.8 Å². The molecule has 0 radical (unpaired) electrons. The molecule has 0 bridgehead atoms. The second-order valence-electron chi connectivity index (χ2n) is 6.33. The minimum atomic E-state index is 0.169. The molecule has 0 amide bonds. The predicted octanol–water partition coefficient (Wildman–Crippen LogP) is 4.05. The van der Waals surface area contributed by atoms with Gasteiger partial charge in [-0.05, 0) is 18.9 Å². The van der Waals surface area contributed by atoms with E-state index in [1.54, 1.807) is 0 Å². The quantitative estimate of drug-likeness (QED) is 0.777. The summed E-state index contributed by atoms with van der Waals surface area (Å²) >= 11 is 5.46. The molecule has 2 unspecified atom stereocenters. The zero-order chi connectivity index (χ0) is 13.3. The number of thiazole rings is 1. The van der Waals surface area contributed by atoms with E-state index in [0.29, 0.717) is 6.04 Å². The molecule has 2 heterocycles. The van der Waals surface area contributed by atoms with Crippen molar-refractivity contribution in [1.29, 1.82) is 0 Å². The average molecular weight is 331 g/mol. The standard InChI is InChI=1S/C14H23BrN2S/c1-10-5-6-17(11(10)7-15)8-13-16-12(9-18-13)14(2,3)4/h9-11H,5-8H2,1-4H3. The lowest BCUT2D eigenvalue weighted by Gasteiger charge is -2.24. The molecule has 0 N–H and O–H groups in total. The highest BCUT2D eigenvalue weighted by Gasteiger charge is 2.30. The summed E-state index contributed by atoms with van der Waals surface area (Å²) in [4.78, 5) is 7.37. The zero-order valence-corrected chi connectivity index (χ0v) is 14.1. The molecule has 2 rings (SSSR count). The van der Waals surface area contributed by atoms with Gasteiger partial charge in [-0.1, -0.05) is 43.6 Å². The lowest BCUT2D eigenvalue weighted by atomic mass is 9.93. The fourth-order valence-electron chi connectivity index (χ4n) is 2.44. The van der Waals surface area contributed by atoms with Gasteiger partial charge in [-0.2, -0.15) is 0 Å². The van der Waals surface area contributed by atoms with E-state index < -0.39 is 0 Å². The number of halogens is 1. The van der Waals surface area contributed by atoms with E-state index in [4.69, 9.17) is 4.98 Å². The largest absolute Gasteiger partial charge is 0.293 e. The lowest BCUT2D eigenvalue weighted by Crippen LogP contribution is -2.33. The molecule has 4 heteroatoms. The Morgan fingerprint density at radius 1 is 1.50 bits per heavy atom. The summed E-state index contributed by atoms with van der Waals surface area (Å²) < 4.78 is 0. The maximum Gasteiger partial charge on any atom is 0.107 e. The first kappa shape index (κ1) is 14.5. The predicted molar refractivity (Wildman–Crippen MR) is 82.6 cm³/mol. The smallest absolute Gasteiger partial charge is 0.107 e. The molecule has 2 nitrogen and oxygen atoms in total.